The Balaban J connectivity index is 1.77. The summed E-state index contributed by atoms with van der Waals surface area (Å²) >= 11 is 1.22. The van der Waals surface area contributed by atoms with Gasteiger partial charge in [0, 0.05) is 6.04 Å². The molecule has 0 aliphatic rings. The molecule has 0 bridgehead atoms. The minimum absolute atomic E-state index is 0.285. The van der Waals surface area contributed by atoms with Crippen molar-refractivity contribution in [1.82, 2.24) is 4.72 Å². The number of rotatable bonds is 5. The molecular formula is C18H17NO2S2. The van der Waals surface area contributed by atoms with Gasteiger partial charge in [-0.05, 0) is 35.1 Å². The summed E-state index contributed by atoms with van der Waals surface area (Å²) in [4.78, 5) is 0. The number of nitrogens with one attached hydrogen (secondary N) is 1. The molecule has 1 atom stereocenters. The molecule has 0 fully saturated rings. The topological polar surface area (TPSA) is 46.2 Å². The van der Waals surface area contributed by atoms with Crippen LogP contribution in [0.3, 0.4) is 0 Å². The van der Waals surface area contributed by atoms with Crippen LogP contribution in [0.4, 0.5) is 0 Å². The Hall–Kier alpha value is -1.95. The molecule has 1 N–H and O–H groups in total. The highest BCUT2D eigenvalue weighted by Crippen LogP contribution is 2.23. The largest absolute Gasteiger partial charge is 0.250 e. The van der Waals surface area contributed by atoms with E-state index in [-0.39, 0.29) is 6.04 Å². The second kappa shape index (κ2) is 6.66. The molecule has 1 unspecified atom stereocenters. The van der Waals surface area contributed by atoms with E-state index in [2.05, 4.69) is 16.9 Å². The molecule has 3 rings (SSSR count). The summed E-state index contributed by atoms with van der Waals surface area (Å²) in [6, 6.07) is 21.1. The third-order valence-corrected chi connectivity index (χ3v) is 6.55. The third-order valence-electron chi connectivity index (χ3n) is 3.61. The van der Waals surface area contributed by atoms with E-state index in [4.69, 9.17) is 0 Å². The van der Waals surface area contributed by atoms with Crippen molar-refractivity contribution in [1.29, 1.82) is 0 Å². The van der Waals surface area contributed by atoms with Crippen LogP contribution in [-0.2, 0) is 10.0 Å². The lowest BCUT2D eigenvalue weighted by atomic mass is 10.0. The lowest BCUT2D eigenvalue weighted by molar-refractivity contribution is 0.569. The molecule has 3 aromatic rings. The van der Waals surface area contributed by atoms with Crippen molar-refractivity contribution in [2.75, 3.05) is 0 Å². The molecule has 23 heavy (non-hydrogen) atoms. The lowest BCUT2D eigenvalue weighted by Crippen LogP contribution is -2.26. The molecule has 1 aromatic heterocycles. The van der Waals surface area contributed by atoms with Gasteiger partial charge in [-0.15, -0.1) is 11.3 Å². The van der Waals surface area contributed by atoms with Gasteiger partial charge in [0.2, 0.25) is 0 Å². The van der Waals surface area contributed by atoms with E-state index >= 15 is 0 Å². The van der Waals surface area contributed by atoms with Crippen LogP contribution < -0.4 is 4.72 Å². The molecule has 0 amide bonds. The number of thiophene rings is 1. The quantitative estimate of drug-likeness (QED) is 0.744. The molecule has 0 spiro atoms. The first-order valence-corrected chi connectivity index (χ1v) is 9.64. The third kappa shape index (κ3) is 3.69. The molecule has 0 saturated heterocycles. The maximum absolute atomic E-state index is 12.3. The van der Waals surface area contributed by atoms with Gasteiger partial charge in [-0.1, -0.05) is 60.7 Å². The van der Waals surface area contributed by atoms with Crippen LogP contribution >= 0.6 is 11.3 Å². The van der Waals surface area contributed by atoms with Gasteiger partial charge in [0.05, 0.1) is 0 Å². The fourth-order valence-corrected chi connectivity index (χ4v) is 4.61. The van der Waals surface area contributed by atoms with Crippen molar-refractivity contribution in [3.8, 4) is 11.1 Å². The Morgan fingerprint density at radius 1 is 0.870 bits per heavy atom. The zero-order valence-electron chi connectivity index (χ0n) is 12.6. The molecule has 118 valence electrons. The molecule has 1 heterocycles. The number of sulfonamides is 1. The highest BCUT2D eigenvalue weighted by molar-refractivity contribution is 7.91. The van der Waals surface area contributed by atoms with Crippen LogP contribution in [0.15, 0.2) is 76.3 Å². The van der Waals surface area contributed by atoms with E-state index in [0.717, 1.165) is 16.7 Å². The van der Waals surface area contributed by atoms with Crippen molar-refractivity contribution >= 4 is 21.4 Å². The fourth-order valence-electron chi connectivity index (χ4n) is 2.37. The fraction of sp³-hybridized carbons (Fsp3) is 0.111. The Kier molecular flexibility index (Phi) is 4.61. The maximum atomic E-state index is 12.3. The van der Waals surface area contributed by atoms with Crippen LogP contribution in [0, 0.1) is 0 Å². The van der Waals surface area contributed by atoms with Crippen LogP contribution in [0.2, 0.25) is 0 Å². The number of benzene rings is 2. The van der Waals surface area contributed by atoms with Gasteiger partial charge >= 0.3 is 0 Å². The monoisotopic (exact) mass is 343 g/mol. The van der Waals surface area contributed by atoms with Gasteiger partial charge in [-0.25, -0.2) is 13.1 Å². The SMILES string of the molecule is CC(NS(=O)(=O)c1cccs1)c1ccc(-c2ccccc2)cc1. The molecule has 5 heteroatoms. The first kappa shape index (κ1) is 15.9. The average molecular weight is 343 g/mol. The predicted molar refractivity (Wildman–Crippen MR) is 94.9 cm³/mol. The summed E-state index contributed by atoms with van der Waals surface area (Å²) in [7, 11) is -3.46. The minimum Gasteiger partial charge on any atom is -0.206 e. The lowest BCUT2D eigenvalue weighted by Gasteiger charge is -2.14. The van der Waals surface area contributed by atoms with Crippen molar-refractivity contribution in [3.63, 3.8) is 0 Å². The Labute approximate surface area is 140 Å². The highest BCUT2D eigenvalue weighted by atomic mass is 32.2. The van der Waals surface area contributed by atoms with Crippen LogP contribution in [0.5, 0.6) is 0 Å². The summed E-state index contributed by atoms with van der Waals surface area (Å²) in [6.45, 7) is 1.85. The van der Waals surface area contributed by atoms with Crippen molar-refractivity contribution < 1.29 is 8.42 Å². The van der Waals surface area contributed by atoms with Crippen molar-refractivity contribution in [3.05, 3.63) is 77.7 Å². The number of hydrogen-bond donors (Lipinski definition) is 1. The van der Waals surface area contributed by atoms with Gasteiger partial charge < -0.3 is 0 Å². The average Bonchev–Trinajstić information content (AvgIpc) is 3.11. The summed E-state index contributed by atoms with van der Waals surface area (Å²) in [6.07, 6.45) is 0. The van der Waals surface area contributed by atoms with E-state index in [1.165, 1.54) is 11.3 Å². The Bertz CT molecular complexity index is 855. The normalized spacial score (nSPS) is 12.9. The Morgan fingerprint density at radius 2 is 1.52 bits per heavy atom. The highest BCUT2D eigenvalue weighted by Gasteiger charge is 2.19. The molecule has 0 saturated carbocycles. The molecule has 0 aliphatic heterocycles. The van der Waals surface area contributed by atoms with Gasteiger partial charge in [0.15, 0.2) is 0 Å². The molecule has 3 nitrogen and oxygen atoms in total. The second-order valence-electron chi connectivity index (χ2n) is 5.26. The van der Waals surface area contributed by atoms with E-state index in [1.807, 2.05) is 49.4 Å². The van der Waals surface area contributed by atoms with Crippen LogP contribution in [0.25, 0.3) is 11.1 Å². The Morgan fingerprint density at radius 3 is 2.13 bits per heavy atom. The van der Waals surface area contributed by atoms with Gasteiger partial charge in [0.25, 0.3) is 10.0 Å². The standard InChI is InChI=1S/C18H17NO2S2/c1-14(19-23(20,21)18-8-5-13-22-18)15-9-11-17(12-10-15)16-6-3-2-4-7-16/h2-14,19H,1H3. The zero-order valence-corrected chi connectivity index (χ0v) is 14.3. The first-order valence-electron chi connectivity index (χ1n) is 7.27. The van der Waals surface area contributed by atoms with E-state index in [0.29, 0.717) is 4.21 Å². The minimum atomic E-state index is -3.46. The van der Waals surface area contributed by atoms with Crippen LogP contribution in [-0.4, -0.2) is 8.42 Å². The van der Waals surface area contributed by atoms with E-state index < -0.39 is 10.0 Å². The van der Waals surface area contributed by atoms with Crippen molar-refractivity contribution in [2.45, 2.75) is 17.2 Å². The predicted octanol–water partition coefficient (Wildman–Crippen LogP) is 4.45. The van der Waals surface area contributed by atoms with E-state index in [9.17, 15) is 8.42 Å². The van der Waals surface area contributed by atoms with Gasteiger partial charge in [-0.2, -0.15) is 0 Å². The maximum Gasteiger partial charge on any atom is 0.250 e. The van der Waals surface area contributed by atoms with Gasteiger partial charge in [-0.3, -0.25) is 0 Å². The summed E-state index contributed by atoms with van der Waals surface area (Å²) in [5.74, 6) is 0. The molecule has 0 radical (unpaired) electrons. The molecule has 2 aromatic carbocycles. The summed E-state index contributed by atoms with van der Waals surface area (Å²) in [5.41, 5.74) is 3.19. The second-order valence-corrected chi connectivity index (χ2v) is 8.15. The first-order chi connectivity index (χ1) is 11.1. The number of hydrogen-bond acceptors (Lipinski definition) is 3. The summed E-state index contributed by atoms with van der Waals surface area (Å²) < 4.78 is 27.6. The zero-order chi connectivity index (χ0) is 16.3. The molecular weight excluding hydrogens is 326 g/mol. The van der Waals surface area contributed by atoms with E-state index in [1.54, 1.807) is 17.5 Å². The van der Waals surface area contributed by atoms with Crippen molar-refractivity contribution in [2.24, 2.45) is 0 Å². The van der Waals surface area contributed by atoms with Gasteiger partial charge in [0.1, 0.15) is 4.21 Å². The smallest absolute Gasteiger partial charge is 0.206 e. The molecule has 0 aliphatic carbocycles. The summed E-state index contributed by atoms with van der Waals surface area (Å²) in [5, 5.41) is 1.76. The van der Waals surface area contributed by atoms with Crippen LogP contribution in [0.1, 0.15) is 18.5 Å².